The first-order valence-electron chi connectivity index (χ1n) is 4.01. The molecule has 1 fully saturated rings. The molecule has 8 nitrogen and oxygen atoms in total. The summed E-state index contributed by atoms with van der Waals surface area (Å²) < 4.78 is 0. The van der Waals surface area contributed by atoms with Crippen molar-refractivity contribution in [3.63, 3.8) is 0 Å². The molecule has 1 heterocycles. The molecule has 0 bridgehead atoms. The minimum Gasteiger partial charge on any atom is -0.448 e. The zero-order valence-corrected chi connectivity index (χ0v) is 7.75. The van der Waals surface area contributed by atoms with Gasteiger partial charge in [0.15, 0.2) is 0 Å². The van der Waals surface area contributed by atoms with Crippen LogP contribution in [0.2, 0.25) is 0 Å². The van der Waals surface area contributed by atoms with Crippen LogP contribution in [0.5, 0.6) is 0 Å². The Kier molecular flexibility index (Phi) is 5.99. The van der Waals surface area contributed by atoms with E-state index in [1.165, 1.54) is 0 Å². The number of hydrogen-bond acceptors (Lipinski definition) is 6. The van der Waals surface area contributed by atoms with Gasteiger partial charge in [-0.1, -0.05) is 5.06 Å². The molecule has 0 saturated carbocycles. The lowest BCUT2D eigenvalue weighted by atomic mass is 10.4. The second-order valence-electron chi connectivity index (χ2n) is 2.39. The van der Waals surface area contributed by atoms with E-state index in [1.807, 2.05) is 0 Å². The van der Waals surface area contributed by atoms with Crippen molar-refractivity contribution in [3.8, 4) is 0 Å². The van der Waals surface area contributed by atoms with E-state index in [-0.39, 0.29) is 31.1 Å². The topological polar surface area (TPSA) is 124 Å². The zero-order valence-electron chi connectivity index (χ0n) is 7.75. The van der Waals surface area contributed by atoms with Crippen molar-refractivity contribution in [2.24, 2.45) is 0 Å². The number of amides is 2. The Labute approximate surface area is 84.6 Å². The molecular weight excluding hydrogens is 210 g/mol. The highest BCUT2D eigenvalue weighted by molar-refractivity contribution is 6.01. The summed E-state index contributed by atoms with van der Waals surface area (Å²) >= 11 is 0. The molecule has 3 N–H and O–H groups in total. The average Bonchev–Trinajstić information content (AvgIpc) is 2.49. The Bertz CT molecular complexity index is 234. The van der Waals surface area contributed by atoms with Crippen LogP contribution < -0.4 is 0 Å². The summed E-state index contributed by atoms with van der Waals surface area (Å²) in [7, 11) is 0. The molecule has 1 saturated heterocycles. The van der Waals surface area contributed by atoms with Crippen molar-refractivity contribution in [2.75, 3.05) is 13.2 Å². The molecule has 1 rings (SSSR count). The molecule has 15 heavy (non-hydrogen) atoms. The molecule has 1 aliphatic heterocycles. The van der Waals surface area contributed by atoms with E-state index in [2.05, 4.69) is 4.84 Å². The van der Waals surface area contributed by atoms with Gasteiger partial charge in [0.1, 0.15) is 0 Å². The standard InChI is InChI=1S/C5H5NO5.C2H6O2/c7-3-1-2-4(8)6(3)11-5(9)10;3-1-2-4/h1-2H2,(H,9,10);3-4H,1-2H2. The third-order valence-electron chi connectivity index (χ3n) is 1.28. The molecule has 0 atom stereocenters. The van der Waals surface area contributed by atoms with Crippen molar-refractivity contribution in [1.29, 1.82) is 0 Å². The maximum Gasteiger partial charge on any atom is 0.531 e. The van der Waals surface area contributed by atoms with Gasteiger partial charge < -0.3 is 15.3 Å². The third-order valence-corrected chi connectivity index (χ3v) is 1.28. The highest BCUT2D eigenvalue weighted by Gasteiger charge is 2.32. The largest absolute Gasteiger partial charge is 0.531 e. The van der Waals surface area contributed by atoms with Crippen molar-refractivity contribution >= 4 is 18.0 Å². The number of imide groups is 1. The first-order valence-corrected chi connectivity index (χ1v) is 4.01. The van der Waals surface area contributed by atoms with Gasteiger partial charge in [0, 0.05) is 12.8 Å². The van der Waals surface area contributed by atoms with E-state index >= 15 is 0 Å². The summed E-state index contributed by atoms with van der Waals surface area (Å²) in [6, 6.07) is 0. The highest BCUT2D eigenvalue weighted by Crippen LogP contribution is 2.11. The fraction of sp³-hybridized carbons (Fsp3) is 0.571. The lowest BCUT2D eigenvalue weighted by Crippen LogP contribution is -2.31. The molecule has 0 radical (unpaired) electrons. The van der Waals surface area contributed by atoms with E-state index < -0.39 is 18.0 Å². The monoisotopic (exact) mass is 221 g/mol. The van der Waals surface area contributed by atoms with Crippen LogP contribution in [-0.2, 0) is 14.4 Å². The average molecular weight is 221 g/mol. The van der Waals surface area contributed by atoms with Gasteiger partial charge in [-0.3, -0.25) is 14.4 Å². The molecule has 0 spiro atoms. The number of rotatable bonds is 2. The van der Waals surface area contributed by atoms with Crippen molar-refractivity contribution in [3.05, 3.63) is 0 Å². The Balaban J connectivity index is 0.000000423. The van der Waals surface area contributed by atoms with E-state index in [9.17, 15) is 14.4 Å². The molecule has 0 aromatic carbocycles. The second-order valence-corrected chi connectivity index (χ2v) is 2.39. The number of nitrogens with zero attached hydrogens (tertiary/aromatic N) is 1. The van der Waals surface area contributed by atoms with E-state index in [0.717, 1.165) is 0 Å². The third kappa shape index (κ3) is 4.93. The van der Waals surface area contributed by atoms with E-state index in [0.29, 0.717) is 0 Å². The Morgan fingerprint density at radius 3 is 1.87 bits per heavy atom. The van der Waals surface area contributed by atoms with Crippen LogP contribution in [-0.4, -0.2) is 51.6 Å². The van der Waals surface area contributed by atoms with Gasteiger partial charge >= 0.3 is 6.16 Å². The number of carbonyl (C=O) groups is 3. The summed E-state index contributed by atoms with van der Waals surface area (Å²) in [5.74, 6) is -1.23. The number of aliphatic hydroxyl groups is 2. The lowest BCUT2D eigenvalue weighted by molar-refractivity contribution is -0.175. The normalized spacial score (nSPS) is 14.7. The fourth-order valence-electron chi connectivity index (χ4n) is 0.736. The van der Waals surface area contributed by atoms with Crippen molar-refractivity contribution < 1.29 is 34.5 Å². The maximum absolute atomic E-state index is 10.6. The molecule has 0 unspecified atom stereocenters. The quantitative estimate of drug-likeness (QED) is 0.496. The molecule has 8 heteroatoms. The predicted molar refractivity (Wildman–Crippen MR) is 44.4 cm³/mol. The fourth-order valence-corrected chi connectivity index (χ4v) is 0.736. The Morgan fingerprint density at radius 2 is 1.60 bits per heavy atom. The van der Waals surface area contributed by atoms with E-state index in [4.69, 9.17) is 15.3 Å². The van der Waals surface area contributed by atoms with Gasteiger partial charge in [-0.25, -0.2) is 4.79 Å². The van der Waals surface area contributed by atoms with Gasteiger partial charge in [0.25, 0.3) is 11.8 Å². The summed E-state index contributed by atoms with van der Waals surface area (Å²) in [6.07, 6.45) is -1.62. The number of hydrogen-bond donors (Lipinski definition) is 3. The zero-order chi connectivity index (χ0) is 11.8. The smallest absolute Gasteiger partial charge is 0.448 e. The maximum atomic E-state index is 10.6. The second kappa shape index (κ2) is 6.74. The van der Waals surface area contributed by atoms with Crippen LogP contribution >= 0.6 is 0 Å². The molecule has 86 valence electrons. The molecule has 0 aromatic rings. The van der Waals surface area contributed by atoms with Gasteiger partial charge in [-0.2, -0.15) is 0 Å². The van der Waals surface area contributed by atoms with Gasteiger partial charge in [0.2, 0.25) is 0 Å². The molecule has 0 aliphatic carbocycles. The van der Waals surface area contributed by atoms with Crippen LogP contribution in [0.15, 0.2) is 0 Å². The van der Waals surface area contributed by atoms with Gasteiger partial charge in [-0.05, 0) is 0 Å². The van der Waals surface area contributed by atoms with Gasteiger partial charge in [0.05, 0.1) is 13.2 Å². The number of aliphatic hydroxyl groups excluding tert-OH is 2. The minimum atomic E-state index is -1.66. The predicted octanol–water partition coefficient (Wildman–Crippen LogP) is -1.28. The SMILES string of the molecule is O=C(O)ON1C(=O)CCC1=O.OCCO. The number of hydroxylamine groups is 2. The summed E-state index contributed by atoms with van der Waals surface area (Å²) in [5, 5.41) is 23.6. The Hall–Kier alpha value is -1.67. The summed E-state index contributed by atoms with van der Waals surface area (Å²) in [4.78, 5) is 35.0. The van der Waals surface area contributed by atoms with Crippen LogP contribution in [0.1, 0.15) is 12.8 Å². The van der Waals surface area contributed by atoms with Crippen molar-refractivity contribution in [1.82, 2.24) is 5.06 Å². The van der Waals surface area contributed by atoms with Crippen LogP contribution in [0.4, 0.5) is 4.79 Å². The molecule has 2 amide bonds. The molecule has 1 aliphatic rings. The van der Waals surface area contributed by atoms with Crippen LogP contribution in [0.3, 0.4) is 0 Å². The first-order chi connectivity index (χ1) is 7.02. The Morgan fingerprint density at radius 1 is 1.20 bits per heavy atom. The number of carbonyl (C=O) groups excluding carboxylic acids is 2. The first kappa shape index (κ1) is 13.3. The highest BCUT2D eigenvalue weighted by atomic mass is 16.8. The number of carboxylic acid groups (broad SMARTS) is 1. The summed E-state index contributed by atoms with van der Waals surface area (Å²) in [6.45, 7) is -0.250. The van der Waals surface area contributed by atoms with Gasteiger partial charge in [-0.15, -0.1) is 0 Å². The minimum absolute atomic E-state index is 0.0200. The molecule has 0 aromatic heterocycles. The van der Waals surface area contributed by atoms with Crippen LogP contribution in [0, 0.1) is 0 Å². The summed E-state index contributed by atoms with van der Waals surface area (Å²) in [5.41, 5.74) is 0. The lowest BCUT2D eigenvalue weighted by Gasteiger charge is -2.08. The van der Waals surface area contributed by atoms with Crippen LogP contribution in [0.25, 0.3) is 0 Å². The van der Waals surface area contributed by atoms with E-state index in [1.54, 1.807) is 0 Å². The molecular formula is C7H11NO7. The van der Waals surface area contributed by atoms with Crippen molar-refractivity contribution in [2.45, 2.75) is 12.8 Å².